The van der Waals surface area contributed by atoms with Crippen molar-refractivity contribution >= 4 is 28.7 Å². The van der Waals surface area contributed by atoms with E-state index in [2.05, 4.69) is 20.5 Å². The molecule has 1 atom stereocenters. The second-order valence-electron chi connectivity index (χ2n) is 6.00. The first-order chi connectivity index (χ1) is 12.7. The maximum Gasteiger partial charge on any atom is 0.265 e. The van der Waals surface area contributed by atoms with Crippen molar-refractivity contribution in [1.29, 1.82) is 0 Å². The largest absolute Gasteiger partial charge is 0.497 e. The number of ether oxygens (including phenoxy) is 1. The zero-order valence-corrected chi connectivity index (χ0v) is 14.9. The van der Waals surface area contributed by atoms with Gasteiger partial charge in [0.1, 0.15) is 11.1 Å². The standard InChI is InChI=1S/C17H17N5O3S/c1-25-12-4-2-3-10(5-12)7-18-14(23)6-11-9-26-17-20-15-13(8-19-21-15)16(24)22(11)17/h2-5,8,11H,6-7,9H2,1H3,(H,18,23)(H,19,21). The van der Waals surface area contributed by atoms with Crippen LogP contribution in [-0.2, 0) is 11.3 Å². The van der Waals surface area contributed by atoms with Gasteiger partial charge in [0.25, 0.3) is 5.56 Å². The van der Waals surface area contributed by atoms with E-state index < -0.39 is 0 Å². The zero-order chi connectivity index (χ0) is 18.1. The fourth-order valence-electron chi connectivity index (χ4n) is 2.98. The van der Waals surface area contributed by atoms with Crippen LogP contribution >= 0.6 is 11.8 Å². The van der Waals surface area contributed by atoms with E-state index in [4.69, 9.17) is 4.74 Å². The van der Waals surface area contributed by atoms with Gasteiger partial charge in [-0.25, -0.2) is 4.98 Å². The maximum atomic E-state index is 12.6. The molecule has 9 heteroatoms. The van der Waals surface area contributed by atoms with Gasteiger partial charge in [-0.05, 0) is 17.7 Å². The first-order valence-corrected chi connectivity index (χ1v) is 9.12. The van der Waals surface area contributed by atoms with Gasteiger partial charge in [-0.2, -0.15) is 5.10 Å². The minimum Gasteiger partial charge on any atom is -0.497 e. The lowest BCUT2D eigenvalue weighted by molar-refractivity contribution is -0.121. The highest BCUT2D eigenvalue weighted by molar-refractivity contribution is 7.99. The molecule has 0 radical (unpaired) electrons. The van der Waals surface area contributed by atoms with E-state index in [0.717, 1.165) is 11.3 Å². The molecule has 2 N–H and O–H groups in total. The quantitative estimate of drug-likeness (QED) is 0.659. The van der Waals surface area contributed by atoms with Gasteiger partial charge in [-0.15, -0.1) is 0 Å². The Morgan fingerprint density at radius 2 is 2.38 bits per heavy atom. The van der Waals surface area contributed by atoms with Gasteiger partial charge in [-0.3, -0.25) is 19.3 Å². The van der Waals surface area contributed by atoms with Crippen LogP contribution in [0.5, 0.6) is 5.75 Å². The molecule has 0 saturated heterocycles. The molecule has 1 unspecified atom stereocenters. The summed E-state index contributed by atoms with van der Waals surface area (Å²) in [6.07, 6.45) is 1.70. The lowest BCUT2D eigenvalue weighted by Gasteiger charge is -2.13. The molecule has 3 aromatic rings. The Hall–Kier alpha value is -2.81. The molecule has 3 heterocycles. The first-order valence-electron chi connectivity index (χ1n) is 8.14. The summed E-state index contributed by atoms with van der Waals surface area (Å²) in [5, 5.41) is 10.5. The minimum atomic E-state index is -0.209. The first kappa shape index (κ1) is 16.6. The number of benzene rings is 1. The maximum absolute atomic E-state index is 12.6. The summed E-state index contributed by atoms with van der Waals surface area (Å²) in [5.74, 6) is 1.29. The van der Waals surface area contributed by atoms with Crippen molar-refractivity contribution in [3.63, 3.8) is 0 Å². The van der Waals surface area contributed by atoms with Crippen molar-refractivity contribution in [1.82, 2.24) is 25.1 Å². The van der Waals surface area contributed by atoms with Gasteiger partial charge < -0.3 is 10.1 Å². The molecule has 0 aliphatic carbocycles. The summed E-state index contributed by atoms with van der Waals surface area (Å²) in [4.78, 5) is 29.4. The summed E-state index contributed by atoms with van der Waals surface area (Å²) >= 11 is 1.48. The van der Waals surface area contributed by atoms with Gasteiger partial charge in [-0.1, -0.05) is 23.9 Å². The zero-order valence-electron chi connectivity index (χ0n) is 14.1. The number of carbonyl (C=O) groups excluding carboxylic acids is 1. The summed E-state index contributed by atoms with van der Waals surface area (Å²) in [7, 11) is 1.61. The van der Waals surface area contributed by atoms with Crippen LogP contribution in [0.3, 0.4) is 0 Å². The molecule has 0 bridgehead atoms. The van der Waals surface area contributed by atoms with Gasteiger partial charge >= 0.3 is 0 Å². The molecule has 1 aliphatic rings. The van der Waals surface area contributed by atoms with Crippen molar-refractivity contribution in [3.05, 3.63) is 46.4 Å². The van der Waals surface area contributed by atoms with Crippen molar-refractivity contribution in [2.75, 3.05) is 12.9 Å². The summed E-state index contributed by atoms with van der Waals surface area (Å²) in [6.45, 7) is 0.413. The normalized spacial score (nSPS) is 15.8. The van der Waals surface area contributed by atoms with Crippen LogP contribution in [0, 0.1) is 0 Å². The summed E-state index contributed by atoms with van der Waals surface area (Å²) < 4.78 is 6.79. The van der Waals surface area contributed by atoms with Gasteiger partial charge in [0.05, 0.1) is 19.3 Å². The smallest absolute Gasteiger partial charge is 0.265 e. The Morgan fingerprint density at radius 1 is 1.50 bits per heavy atom. The Morgan fingerprint density at radius 3 is 3.23 bits per heavy atom. The lowest BCUT2D eigenvalue weighted by Crippen LogP contribution is -2.30. The predicted molar refractivity (Wildman–Crippen MR) is 97.4 cm³/mol. The fourth-order valence-corrected chi connectivity index (χ4v) is 4.11. The van der Waals surface area contributed by atoms with Crippen molar-refractivity contribution < 1.29 is 9.53 Å². The third-order valence-electron chi connectivity index (χ3n) is 4.30. The van der Waals surface area contributed by atoms with Crippen molar-refractivity contribution in [2.45, 2.75) is 24.2 Å². The molecule has 1 amide bonds. The molecule has 134 valence electrons. The molecule has 2 aromatic heterocycles. The molecule has 26 heavy (non-hydrogen) atoms. The number of aromatic amines is 1. The molecule has 1 aliphatic heterocycles. The SMILES string of the molecule is COc1cccc(CNC(=O)CC2CSc3nc4[nH]ncc4c(=O)n32)c1. The number of nitrogens with zero attached hydrogens (tertiary/aromatic N) is 3. The summed E-state index contributed by atoms with van der Waals surface area (Å²) in [5.41, 5.74) is 1.28. The molecule has 0 fully saturated rings. The molecular weight excluding hydrogens is 354 g/mol. The second kappa shape index (κ2) is 6.83. The number of fused-ring (bicyclic) bond motifs is 2. The number of rotatable bonds is 5. The van der Waals surface area contributed by atoms with Crippen LogP contribution in [0.2, 0.25) is 0 Å². The van der Waals surface area contributed by atoms with Crippen LogP contribution in [0.25, 0.3) is 11.0 Å². The molecule has 8 nitrogen and oxygen atoms in total. The third kappa shape index (κ3) is 3.05. The highest BCUT2D eigenvalue weighted by atomic mass is 32.2. The van der Waals surface area contributed by atoms with E-state index >= 15 is 0 Å². The lowest BCUT2D eigenvalue weighted by atomic mass is 10.2. The third-order valence-corrected chi connectivity index (χ3v) is 5.39. The van der Waals surface area contributed by atoms with Crippen molar-refractivity contribution in [2.24, 2.45) is 0 Å². The van der Waals surface area contributed by atoms with E-state index in [9.17, 15) is 9.59 Å². The van der Waals surface area contributed by atoms with Crippen LogP contribution < -0.4 is 15.6 Å². The Labute approximate surface area is 153 Å². The van der Waals surface area contributed by atoms with Crippen LogP contribution in [0.4, 0.5) is 0 Å². The van der Waals surface area contributed by atoms with E-state index in [1.165, 1.54) is 18.0 Å². The number of hydrogen-bond donors (Lipinski definition) is 2. The predicted octanol–water partition coefficient (Wildman–Crippen LogP) is 1.48. The van der Waals surface area contributed by atoms with Crippen LogP contribution in [0.1, 0.15) is 18.0 Å². The minimum absolute atomic E-state index is 0.106. The number of carbonyl (C=O) groups is 1. The fraction of sp³-hybridized carbons (Fsp3) is 0.294. The highest BCUT2D eigenvalue weighted by Crippen LogP contribution is 2.32. The van der Waals surface area contributed by atoms with E-state index in [1.807, 2.05) is 24.3 Å². The summed E-state index contributed by atoms with van der Waals surface area (Å²) in [6, 6.07) is 7.33. The Balaban J connectivity index is 1.45. The van der Waals surface area contributed by atoms with Gasteiger partial charge in [0, 0.05) is 18.7 Å². The second-order valence-corrected chi connectivity index (χ2v) is 6.99. The van der Waals surface area contributed by atoms with Crippen LogP contribution in [-0.4, -0.2) is 38.5 Å². The highest BCUT2D eigenvalue weighted by Gasteiger charge is 2.28. The number of aromatic nitrogens is 4. The monoisotopic (exact) mass is 371 g/mol. The molecular formula is C17H17N5O3S. The molecule has 0 saturated carbocycles. The van der Waals surface area contributed by atoms with Crippen molar-refractivity contribution in [3.8, 4) is 5.75 Å². The van der Waals surface area contributed by atoms with E-state index in [1.54, 1.807) is 11.7 Å². The Bertz CT molecular complexity index is 1030. The van der Waals surface area contributed by atoms with Gasteiger partial charge in [0.15, 0.2) is 10.8 Å². The average Bonchev–Trinajstić information content (AvgIpc) is 3.28. The molecule has 1 aromatic carbocycles. The number of amides is 1. The average molecular weight is 371 g/mol. The Kier molecular flexibility index (Phi) is 4.37. The number of nitrogens with one attached hydrogen (secondary N) is 2. The van der Waals surface area contributed by atoms with Crippen LogP contribution in [0.15, 0.2) is 40.4 Å². The number of thioether (sulfide) groups is 1. The number of H-pyrrole nitrogens is 1. The van der Waals surface area contributed by atoms with E-state index in [-0.39, 0.29) is 23.9 Å². The topological polar surface area (TPSA) is 102 Å². The van der Waals surface area contributed by atoms with E-state index in [0.29, 0.717) is 28.5 Å². The number of methoxy groups -OCH3 is 1. The number of hydrogen-bond acceptors (Lipinski definition) is 6. The molecule has 4 rings (SSSR count). The van der Waals surface area contributed by atoms with Gasteiger partial charge in [0.2, 0.25) is 5.91 Å². The molecule has 0 spiro atoms.